The van der Waals surface area contributed by atoms with E-state index in [1.807, 2.05) is 0 Å². The maximum absolute atomic E-state index is 12.4. The summed E-state index contributed by atoms with van der Waals surface area (Å²) in [5, 5.41) is 0. The predicted molar refractivity (Wildman–Crippen MR) is 81.7 cm³/mol. The Kier molecular flexibility index (Phi) is 2.38. The number of hydrogen-bond donors (Lipinski definition) is 0. The third-order valence-electron chi connectivity index (χ3n) is 7.38. The summed E-state index contributed by atoms with van der Waals surface area (Å²) in [7, 11) is 0. The van der Waals surface area contributed by atoms with E-state index in [0.29, 0.717) is 30.0 Å². The average Bonchev–Trinajstić information content (AvgIpc) is 2.76. The fourth-order valence-electron chi connectivity index (χ4n) is 6.06. The molecule has 0 aliphatic heterocycles. The summed E-state index contributed by atoms with van der Waals surface area (Å²) in [6.45, 7) is 4.35. The number of ketones is 2. The number of fused-ring (bicyclic) bond motifs is 5. The van der Waals surface area contributed by atoms with Crippen molar-refractivity contribution < 1.29 is 12.3 Å². The van der Waals surface area contributed by atoms with Gasteiger partial charge in [0.1, 0.15) is 5.78 Å². The molecule has 0 unspecified atom stereocenters. The quantitative estimate of drug-likeness (QED) is 0.673. The molecule has 0 aromatic rings. The Hall–Kier alpha value is -0.920. The third kappa shape index (κ3) is 1.71. The third-order valence-corrected chi connectivity index (χ3v) is 7.38. The summed E-state index contributed by atoms with van der Waals surface area (Å²) >= 11 is 0. The van der Waals surface area contributed by atoms with Crippen LogP contribution in [-0.2, 0) is 9.59 Å². The van der Waals surface area contributed by atoms with Crippen LogP contribution >= 0.6 is 0 Å². The van der Waals surface area contributed by atoms with Crippen LogP contribution in [0.2, 0.25) is 0 Å². The Balaban J connectivity index is 1.73. The summed E-state index contributed by atoms with van der Waals surface area (Å²) < 4.78 is 16.2. The molecule has 4 aliphatic carbocycles. The molecule has 3 saturated carbocycles. The van der Waals surface area contributed by atoms with Crippen LogP contribution in [-0.4, -0.2) is 11.6 Å². The smallest absolute Gasteiger partial charge is 0.155 e. The van der Waals surface area contributed by atoms with E-state index in [2.05, 4.69) is 13.8 Å². The van der Waals surface area contributed by atoms with Crippen LogP contribution in [0.3, 0.4) is 0 Å². The van der Waals surface area contributed by atoms with Crippen molar-refractivity contribution in [3.05, 3.63) is 11.6 Å². The Morgan fingerprint density at radius 3 is 2.62 bits per heavy atom. The molecule has 114 valence electrons. The highest BCUT2D eigenvalue weighted by Gasteiger charge is 2.58. The molecule has 3 fully saturated rings. The van der Waals surface area contributed by atoms with Crippen molar-refractivity contribution in [3.63, 3.8) is 0 Å². The van der Waals surface area contributed by atoms with Crippen LogP contribution in [0.5, 0.6) is 0 Å². The van der Waals surface area contributed by atoms with Gasteiger partial charge in [0.05, 0.1) is 0 Å². The van der Waals surface area contributed by atoms with Crippen molar-refractivity contribution in [3.8, 4) is 0 Å². The van der Waals surface area contributed by atoms with Crippen molar-refractivity contribution in [2.24, 2.45) is 28.6 Å². The summed E-state index contributed by atoms with van der Waals surface area (Å²) in [5.41, 5.74) is 0.835. The van der Waals surface area contributed by atoms with Crippen molar-refractivity contribution in [1.29, 1.82) is 0 Å². The van der Waals surface area contributed by atoms with Crippen LogP contribution in [0.25, 0.3) is 0 Å². The van der Waals surface area contributed by atoms with Gasteiger partial charge in [0.15, 0.2) is 5.78 Å². The molecule has 4 rings (SSSR count). The lowest BCUT2D eigenvalue weighted by Gasteiger charge is -2.56. The van der Waals surface area contributed by atoms with E-state index in [1.54, 1.807) is 6.08 Å². The van der Waals surface area contributed by atoms with E-state index < -0.39 is 6.37 Å². The van der Waals surface area contributed by atoms with Gasteiger partial charge in [-0.15, -0.1) is 0 Å². The van der Waals surface area contributed by atoms with Gasteiger partial charge >= 0.3 is 0 Å². The first kappa shape index (κ1) is 11.6. The molecule has 2 heteroatoms. The minimum Gasteiger partial charge on any atom is -0.299 e. The molecule has 0 heterocycles. The highest BCUT2D eigenvalue weighted by atomic mass is 16.1. The number of carbonyl (C=O) groups excluding carboxylic acids is 2. The molecular weight excluding hydrogens is 260 g/mol. The number of allylic oxidation sites excluding steroid dienone is 1. The largest absolute Gasteiger partial charge is 0.299 e. The number of rotatable bonds is 0. The fraction of sp³-hybridized carbons (Fsp3) is 0.789. The Bertz CT molecular complexity index is 623. The first-order valence-corrected chi connectivity index (χ1v) is 8.47. The predicted octanol–water partition coefficient (Wildman–Crippen LogP) is 4.09. The minimum absolute atomic E-state index is 0.137. The molecular formula is C19H26O2. The topological polar surface area (TPSA) is 34.1 Å². The van der Waals surface area contributed by atoms with Crippen molar-refractivity contribution in [2.75, 3.05) is 0 Å². The van der Waals surface area contributed by atoms with Crippen molar-refractivity contribution >= 4 is 11.6 Å². The first-order valence-electron chi connectivity index (χ1n) is 9.47. The minimum atomic E-state index is -1.73. The van der Waals surface area contributed by atoms with Gasteiger partial charge in [-0.05, 0) is 67.8 Å². The molecule has 0 saturated heterocycles. The standard InChI is InChI=1S/C19H26O2/c1-18-9-7-13(20)11-12(18)3-4-14-15-5-6-17(21)19(15,2)10-8-16(14)18/h11,14-16H,3-10H2,1-2H3/t14-,15-,16-,18-,19-/m0/s1/i7D2. The van der Waals surface area contributed by atoms with E-state index in [0.717, 1.165) is 38.5 Å². The molecule has 0 radical (unpaired) electrons. The second kappa shape index (κ2) is 4.30. The van der Waals surface area contributed by atoms with E-state index >= 15 is 0 Å². The second-order valence-corrected chi connectivity index (χ2v) is 8.14. The molecule has 0 bridgehead atoms. The zero-order chi connectivity index (χ0) is 16.6. The van der Waals surface area contributed by atoms with Gasteiger partial charge < -0.3 is 0 Å². The Labute approximate surface area is 130 Å². The number of hydrogen-bond acceptors (Lipinski definition) is 2. The van der Waals surface area contributed by atoms with Gasteiger partial charge in [-0.3, -0.25) is 9.59 Å². The highest BCUT2D eigenvalue weighted by molar-refractivity contribution is 5.91. The number of carbonyl (C=O) groups is 2. The van der Waals surface area contributed by atoms with Gasteiger partial charge in [-0.1, -0.05) is 19.4 Å². The van der Waals surface area contributed by atoms with E-state index in [9.17, 15) is 9.59 Å². The van der Waals surface area contributed by atoms with Gasteiger partial charge in [0.25, 0.3) is 0 Å². The van der Waals surface area contributed by atoms with Crippen LogP contribution in [0.15, 0.2) is 11.6 Å². The van der Waals surface area contributed by atoms with Gasteiger partial charge in [0, 0.05) is 21.0 Å². The molecule has 2 nitrogen and oxygen atoms in total. The summed E-state index contributed by atoms with van der Waals surface area (Å²) in [5.74, 6) is 1.51. The molecule has 21 heavy (non-hydrogen) atoms. The molecule has 4 aliphatic rings. The lowest BCUT2D eigenvalue weighted by molar-refractivity contribution is -0.132. The van der Waals surface area contributed by atoms with Crippen molar-refractivity contribution in [1.82, 2.24) is 0 Å². The van der Waals surface area contributed by atoms with Gasteiger partial charge in [0.2, 0.25) is 0 Å². The molecule has 5 atom stereocenters. The first-order chi connectivity index (χ1) is 10.7. The lowest BCUT2D eigenvalue weighted by atomic mass is 9.47. The highest BCUT2D eigenvalue weighted by Crippen LogP contribution is 2.64. The van der Waals surface area contributed by atoms with E-state index in [1.165, 1.54) is 5.57 Å². The molecule has 0 N–H and O–H groups in total. The van der Waals surface area contributed by atoms with Gasteiger partial charge in [-0.2, -0.15) is 0 Å². The normalized spacial score (nSPS) is 53.0. The fourth-order valence-corrected chi connectivity index (χ4v) is 6.06. The summed E-state index contributed by atoms with van der Waals surface area (Å²) in [6.07, 6.45) is 5.86. The SMILES string of the molecule is [2H]C1([2H])C[C@@]2(C)C(=CC1=O)CC[C@@H]1[C@@H]2CC[C@]2(C)C(=O)CC[C@@H]12. The van der Waals surface area contributed by atoms with Crippen LogP contribution in [0.1, 0.15) is 67.9 Å². The number of Topliss-reactive ketones (excluding diaryl/α,β-unsaturated/α-hetero) is 1. The Morgan fingerprint density at radius 2 is 1.81 bits per heavy atom. The van der Waals surface area contributed by atoms with Crippen LogP contribution in [0.4, 0.5) is 0 Å². The summed E-state index contributed by atoms with van der Waals surface area (Å²) in [6, 6.07) is 0. The van der Waals surface area contributed by atoms with E-state index in [-0.39, 0.29) is 16.6 Å². The zero-order valence-corrected chi connectivity index (χ0v) is 13.1. The molecule has 0 amide bonds. The zero-order valence-electron chi connectivity index (χ0n) is 15.1. The van der Waals surface area contributed by atoms with Gasteiger partial charge in [-0.25, -0.2) is 0 Å². The van der Waals surface area contributed by atoms with E-state index in [4.69, 9.17) is 2.74 Å². The lowest BCUT2D eigenvalue weighted by Crippen LogP contribution is -2.50. The average molecular weight is 288 g/mol. The molecule has 0 spiro atoms. The van der Waals surface area contributed by atoms with Crippen LogP contribution < -0.4 is 0 Å². The summed E-state index contributed by atoms with van der Waals surface area (Å²) in [4.78, 5) is 24.5. The maximum atomic E-state index is 12.4. The monoisotopic (exact) mass is 288 g/mol. The molecule has 0 aromatic heterocycles. The Morgan fingerprint density at radius 1 is 1.05 bits per heavy atom. The van der Waals surface area contributed by atoms with Crippen molar-refractivity contribution in [2.45, 2.75) is 65.2 Å². The second-order valence-electron chi connectivity index (χ2n) is 8.14. The van der Waals surface area contributed by atoms with Crippen LogP contribution in [0, 0.1) is 28.6 Å². The maximum Gasteiger partial charge on any atom is 0.155 e. The molecule has 0 aromatic carbocycles.